The number of carboxylic acid groups (broad SMARTS) is 2. The summed E-state index contributed by atoms with van der Waals surface area (Å²) in [5.74, 6) is -2.62. The van der Waals surface area contributed by atoms with Crippen LogP contribution in [0.2, 0.25) is 0 Å². The van der Waals surface area contributed by atoms with Gasteiger partial charge in [-0.3, -0.25) is 0 Å². The van der Waals surface area contributed by atoms with Crippen molar-refractivity contribution < 1.29 is 49.5 Å². The van der Waals surface area contributed by atoms with Crippen LogP contribution in [0.3, 0.4) is 0 Å². The van der Waals surface area contributed by atoms with Gasteiger partial charge in [0.1, 0.15) is 22.6 Å². The Bertz CT molecular complexity index is 571. The molecule has 7 heteroatoms. The van der Waals surface area contributed by atoms with Gasteiger partial charge in [0.2, 0.25) is 0 Å². The predicted octanol–water partition coefficient (Wildman–Crippen LogP) is 2.18. The van der Waals surface area contributed by atoms with Gasteiger partial charge in [0.05, 0.1) is 0 Å². The van der Waals surface area contributed by atoms with E-state index in [1.807, 2.05) is 0 Å². The van der Waals surface area contributed by atoms with E-state index in [9.17, 15) is 9.59 Å². The predicted molar refractivity (Wildman–Crippen MR) is 70.1 cm³/mol. The molecule has 0 atom stereocenters. The standard InChI is InChI=1S/2C7H6O3.Ru/c2*8-6-4-2-1-3-5(6)7(9)10;/h2*1-4,8H,(H,9,10);. The number of hydrogen-bond donors (Lipinski definition) is 4. The van der Waals surface area contributed by atoms with E-state index in [1.54, 1.807) is 24.3 Å². The molecule has 0 bridgehead atoms. The van der Waals surface area contributed by atoms with E-state index in [0.29, 0.717) is 0 Å². The van der Waals surface area contributed by atoms with Crippen molar-refractivity contribution in [3.05, 3.63) is 59.7 Å². The molecule has 0 saturated carbocycles. The SMILES string of the molecule is O=C(O)c1ccccc1O.O=C(O)c1ccccc1O.[Ru]. The maximum atomic E-state index is 10.3. The van der Waals surface area contributed by atoms with Crippen LogP contribution in [0.4, 0.5) is 0 Å². The normalized spacial score (nSPS) is 8.76. The summed E-state index contributed by atoms with van der Waals surface area (Å²) in [5, 5.41) is 34.6. The van der Waals surface area contributed by atoms with E-state index < -0.39 is 11.9 Å². The van der Waals surface area contributed by atoms with Crippen LogP contribution in [-0.4, -0.2) is 32.4 Å². The van der Waals surface area contributed by atoms with E-state index in [-0.39, 0.29) is 42.1 Å². The van der Waals surface area contributed by atoms with Gasteiger partial charge < -0.3 is 20.4 Å². The van der Waals surface area contributed by atoms with Gasteiger partial charge in [0.25, 0.3) is 0 Å². The first-order valence-corrected chi connectivity index (χ1v) is 5.46. The maximum Gasteiger partial charge on any atom is 0.339 e. The Morgan fingerprint density at radius 2 is 0.952 bits per heavy atom. The summed E-state index contributed by atoms with van der Waals surface area (Å²) in [7, 11) is 0. The average molecular weight is 377 g/mol. The third kappa shape index (κ3) is 5.62. The summed E-state index contributed by atoms with van der Waals surface area (Å²) in [6, 6.07) is 11.6. The van der Waals surface area contributed by atoms with Crippen molar-refractivity contribution in [3.63, 3.8) is 0 Å². The molecule has 0 aliphatic carbocycles. The van der Waals surface area contributed by atoms with E-state index in [2.05, 4.69) is 0 Å². The largest absolute Gasteiger partial charge is 0.507 e. The Morgan fingerprint density at radius 3 is 1.14 bits per heavy atom. The number of benzene rings is 2. The zero-order chi connectivity index (χ0) is 15.1. The topological polar surface area (TPSA) is 115 Å². The Morgan fingerprint density at radius 1 is 0.667 bits per heavy atom. The summed E-state index contributed by atoms with van der Waals surface area (Å²) >= 11 is 0. The van der Waals surface area contributed by atoms with Crippen LogP contribution >= 0.6 is 0 Å². The third-order valence-electron chi connectivity index (χ3n) is 2.27. The fraction of sp³-hybridized carbons (Fsp3) is 0. The van der Waals surface area contributed by atoms with Gasteiger partial charge in [0.15, 0.2) is 0 Å². The van der Waals surface area contributed by atoms with Crippen molar-refractivity contribution in [3.8, 4) is 11.5 Å². The van der Waals surface area contributed by atoms with Crippen molar-refractivity contribution in [1.82, 2.24) is 0 Å². The summed E-state index contributed by atoms with van der Waals surface area (Å²) in [4.78, 5) is 20.5. The molecular weight excluding hydrogens is 365 g/mol. The zero-order valence-electron chi connectivity index (χ0n) is 10.6. The number of aromatic hydroxyl groups is 2. The van der Waals surface area contributed by atoms with Crippen LogP contribution in [0.5, 0.6) is 11.5 Å². The molecule has 0 fully saturated rings. The van der Waals surface area contributed by atoms with Gasteiger partial charge >= 0.3 is 11.9 Å². The molecule has 6 nitrogen and oxygen atoms in total. The van der Waals surface area contributed by atoms with Gasteiger partial charge in [-0.1, -0.05) is 24.3 Å². The van der Waals surface area contributed by atoms with Gasteiger partial charge in [-0.15, -0.1) is 0 Å². The number of rotatable bonds is 2. The summed E-state index contributed by atoms with van der Waals surface area (Å²) in [5.41, 5.74) is -0.134. The quantitative estimate of drug-likeness (QED) is 0.597. The monoisotopic (exact) mass is 378 g/mol. The second-order valence-corrected chi connectivity index (χ2v) is 3.64. The number of carboxylic acids is 2. The van der Waals surface area contributed by atoms with E-state index >= 15 is 0 Å². The average Bonchev–Trinajstić information content (AvgIpc) is 2.40. The Labute approximate surface area is 133 Å². The van der Waals surface area contributed by atoms with Gasteiger partial charge in [-0.25, -0.2) is 9.59 Å². The Kier molecular flexibility index (Phi) is 7.72. The van der Waals surface area contributed by atoms with Gasteiger partial charge in [-0.05, 0) is 24.3 Å². The molecular formula is C14H12O6Ru. The van der Waals surface area contributed by atoms with Crippen LogP contribution in [-0.2, 0) is 19.5 Å². The second kappa shape index (κ2) is 8.71. The smallest absolute Gasteiger partial charge is 0.339 e. The summed E-state index contributed by atoms with van der Waals surface area (Å²) < 4.78 is 0. The molecule has 0 amide bonds. The minimum Gasteiger partial charge on any atom is -0.507 e. The molecule has 112 valence electrons. The molecule has 0 spiro atoms. The molecule has 0 aliphatic rings. The van der Waals surface area contributed by atoms with E-state index in [1.165, 1.54) is 24.3 Å². The van der Waals surface area contributed by atoms with Crippen LogP contribution in [0.1, 0.15) is 20.7 Å². The maximum absolute atomic E-state index is 10.3. The third-order valence-corrected chi connectivity index (χ3v) is 2.27. The molecule has 2 aromatic carbocycles. The molecule has 0 saturated heterocycles. The second-order valence-electron chi connectivity index (χ2n) is 3.64. The molecule has 4 N–H and O–H groups in total. The fourth-order valence-electron chi connectivity index (χ4n) is 1.31. The van der Waals surface area contributed by atoms with Crippen molar-refractivity contribution in [2.45, 2.75) is 0 Å². The van der Waals surface area contributed by atoms with Crippen LogP contribution in [0.15, 0.2) is 48.5 Å². The fourth-order valence-corrected chi connectivity index (χ4v) is 1.31. The summed E-state index contributed by atoms with van der Waals surface area (Å²) in [6.07, 6.45) is 0. The number of carbonyl (C=O) groups is 2. The molecule has 0 aromatic heterocycles. The minimum absolute atomic E-state index is 0. The molecule has 2 rings (SSSR count). The van der Waals surface area contributed by atoms with Gasteiger partial charge in [0, 0.05) is 19.5 Å². The zero-order valence-corrected chi connectivity index (χ0v) is 12.3. The van der Waals surface area contributed by atoms with Crippen LogP contribution in [0.25, 0.3) is 0 Å². The summed E-state index contributed by atoms with van der Waals surface area (Å²) in [6.45, 7) is 0. The first-order chi connectivity index (χ1) is 9.43. The van der Waals surface area contributed by atoms with E-state index in [4.69, 9.17) is 20.4 Å². The van der Waals surface area contributed by atoms with E-state index in [0.717, 1.165) is 0 Å². The Balaban J connectivity index is 0.000000364. The van der Waals surface area contributed by atoms with Crippen molar-refractivity contribution in [2.75, 3.05) is 0 Å². The number of para-hydroxylation sites is 2. The van der Waals surface area contributed by atoms with Crippen LogP contribution < -0.4 is 0 Å². The first-order valence-electron chi connectivity index (χ1n) is 5.46. The van der Waals surface area contributed by atoms with Crippen molar-refractivity contribution in [1.29, 1.82) is 0 Å². The number of aromatic carboxylic acids is 2. The molecule has 0 aliphatic heterocycles. The molecule has 21 heavy (non-hydrogen) atoms. The molecule has 0 unspecified atom stereocenters. The minimum atomic E-state index is -1.11. The number of phenols is 2. The Hall–Kier alpha value is -2.40. The van der Waals surface area contributed by atoms with Crippen molar-refractivity contribution >= 4 is 11.9 Å². The molecule has 2 aromatic rings. The van der Waals surface area contributed by atoms with Crippen LogP contribution in [0, 0.1) is 0 Å². The molecule has 0 radical (unpaired) electrons. The number of hydrogen-bond acceptors (Lipinski definition) is 4. The first kappa shape index (κ1) is 18.6. The van der Waals surface area contributed by atoms with Crippen molar-refractivity contribution in [2.24, 2.45) is 0 Å². The molecule has 0 heterocycles. The van der Waals surface area contributed by atoms with Gasteiger partial charge in [-0.2, -0.15) is 0 Å².